The van der Waals surface area contributed by atoms with Crippen molar-refractivity contribution in [2.24, 2.45) is 11.3 Å². The summed E-state index contributed by atoms with van der Waals surface area (Å²) in [6.45, 7) is 9.83. The van der Waals surface area contributed by atoms with Crippen molar-refractivity contribution in [3.8, 4) is 0 Å². The van der Waals surface area contributed by atoms with Crippen LogP contribution >= 0.6 is 0 Å². The maximum absolute atomic E-state index is 12.5. The largest absolute Gasteiger partial charge is 0.455 e. The number of carbonyl (C=O) groups excluding carboxylic acids is 2. The van der Waals surface area contributed by atoms with Crippen LogP contribution in [0.3, 0.4) is 0 Å². The van der Waals surface area contributed by atoms with E-state index in [2.05, 4.69) is 5.32 Å². The molecule has 1 heterocycles. The van der Waals surface area contributed by atoms with Crippen molar-refractivity contribution in [3.63, 3.8) is 0 Å². The average molecular weight is 321 g/mol. The van der Waals surface area contributed by atoms with Gasteiger partial charge in [0.25, 0.3) is 5.91 Å². The van der Waals surface area contributed by atoms with Gasteiger partial charge in [-0.1, -0.05) is 27.7 Å². The maximum Gasteiger partial charge on any atom is 0.287 e. The van der Waals surface area contributed by atoms with E-state index in [1.54, 1.807) is 6.92 Å². The number of aliphatic hydroxyl groups excluding tert-OH is 1. The van der Waals surface area contributed by atoms with E-state index in [1.165, 1.54) is 0 Å². The summed E-state index contributed by atoms with van der Waals surface area (Å²) in [5.41, 5.74) is 1.07. The van der Waals surface area contributed by atoms with Gasteiger partial charge in [0.05, 0.1) is 5.56 Å². The number of amides is 1. The molecule has 0 aromatic carbocycles. The molecule has 1 aromatic rings. The van der Waals surface area contributed by atoms with Crippen molar-refractivity contribution >= 4 is 11.7 Å². The Labute approximate surface area is 137 Å². The van der Waals surface area contributed by atoms with Crippen molar-refractivity contribution in [3.05, 3.63) is 22.6 Å². The molecule has 128 valence electrons. The number of ketones is 1. The molecule has 0 aliphatic heterocycles. The molecular weight excluding hydrogens is 294 g/mol. The second-order valence-corrected chi connectivity index (χ2v) is 7.63. The first-order chi connectivity index (χ1) is 10.7. The van der Waals surface area contributed by atoms with E-state index in [1.807, 2.05) is 27.7 Å². The zero-order valence-electron chi connectivity index (χ0n) is 14.7. The molecule has 0 spiro atoms. The van der Waals surface area contributed by atoms with E-state index < -0.39 is 0 Å². The van der Waals surface area contributed by atoms with Crippen LogP contribution in [0.1, 0.15) is 72.8 Å². The monoisotopic (exact) mass is 321 g/mol. The smallest absolute Gasteiger partial charge is 0.287 e. The normalized spacial score (nSPS) is 18.0. The Balaban J connectivity index is 2.28. The standard InChI is InChI=1S/C18H27NO4/c1-10(2)12(6-7-20)19-17(22)16-11(3)15-13(21)8-18(4,5)9-14(15)23-16/h10,12,20H,6-9H2,1-5H3,(H,19,22). The highest BCUT2D eigenvalue weighted by molar-refractivity contribution is 6.03. The Morgan fingerprint density at radius 3 is 2.57 bits per heavy atom. The van der Waals surface area contributed by atoms with Crippen LogP contribution in [0, 0.1) is 18.3 Å². The Kier molecular flexibility index (Phi) is 4.99. The zero-order valence-corrected chi connectivity index (χ0v) is 14.7. The topological polar surface area (TPSA) is 79.5 Å². The van der Waals surface area contributed by atoms with E-state index in [4.69, 9.17) is 9.52 Å². The lowest BCUT2D eigenvalue weighted by atomic mass is 9.76. The van der Waals surface area contributed by atoms with Crippen LogP contribution in [0.5, 0.6) is 0 Å². The van der Waals surface area contributed by atoms with Crippen LogP contribution in [0.2, 0.25) is 0 Å². The molecule has 0 radical (unpaired) electrons. The number of rotatable bonds is 5. The Bertz CT molecular complexity index is 613. The van der Waals surface area contributed by atoms with Gasteiger partial charge >= 0.3 is 0 Å². The second kappa shape index (κ2) is 6.48. The molecule has 23 heavy (non-hydrogen) atoms. The summed E-state index contributed by atoms with van der Waals surface area (Å²) in [4.78, 5) is 24.9. The molecule has 1 unspecified atom stereocenters. The van der Waals surface area contributed by atoms with Gasteiger partial charge in [-0.15, -0.1) is 0 Å². The number of nitrogens with one attached hydrogen (secondary N) is 1. The van der Waals surface area contributed by atoms with Gasteiger partial charge in [-0.25, -0.2) is 0 Å². The number of Topliss-reactive ketones (excluding diaryl/α,β-unsaturated/α-hetero) is 1. The van der Waals surface area contributed by atoms with E-state index in [9.17, 15) is 9.59 Å². The first kappa shape index (κ1) is 17.7. The Morgan fingerprint density at radius 1 is 1.35 bits per heavy atom. The minimum Gasteiger partial charge on any atom is -0.455 e. The molecule has 2 rings (SSSR count). The minimum atomic E-state index is -0.311. The van der Waals surface area contributed by atoms with Gasteiger partial charge in [-0.2, -0.15) is 0 Å². The molecular formula is C18H27NO4. The van der Waals surface area contributed by atoms with Crippen molar-refractivity contribution in [2.75, 3.05) is 6.61 Å². The molecule has 0 fully saturated rings. The summed E-state index contributed by atoms with van der Waals surface area (Å²) < 4.78 is 5.77. The molecule has 1 aliphatic carbocycles. The predicted molar refractivity (Wildman–Crippen MR) is 87.7 cm³/mol. The first-order valence-electron chi connectivity index (χ1n) is 8.23. The van der Waals surface area contributed by atoms with Crippen LogP contribution < -0.4 is 5.32 Å². The van der Waals surface area contributed by atoms with Gasteiger partial charge in [0.15, 0.2) is 11.5 Å². The number of furan rings is 1. The highest BCUT2D eigenvalue weighted by Gasteiger charge is 2.37. The van der Waals surface area contributed by atoms with Crippen LogP contribution in [-0.2, 0) is 6.42 Å². The molecule has 1 aliphatic rings. The summed E-state index contributed by atoms with van der Waals surface area (Å²) in [7, 11) is 0. The van der Waals surface area contributed by atoms with Crippen molar-refractivity contribution < 1.29 is 19.1 Å². The fourth-order valence-corrected chi connectivity index (χ4v) is 3.24. The van der Waals surface area contributed by atoms with Gasteiger partial charge in [0.2, 0.25) is 0 Å². The van der Waals surface area contributed by atoms with Crippen LogP contribution in [-0.4, -0.2) is 29.4 Å². The van der Waals surface area contributed by atoms with E-state index in [-0.39, 0.29) is 41.4 Å². The van der Waals surface area contributed by atoms with Crippen molar-refractivity contribution in [1.82, 2.24) is 5.32 Å². The van der Waals surface area contributed by atoms with E-state index in [0.29, 0.717) is 36.1 Å². The highest BCUT2D eigenvalue weighted by Crippen LogP contribution is 2.38. The minimum absolute atomic E-state index is 0.0173. The number of aliphatic hydroxyl groups is 1. The van der Waals surface area contributed by atoms with Gasteiger partial charge in [-0.05, 0) is 24.7 Å². The molecule has 5 heteroatoms. The third-order valence-electron chi connectivity index (χ3n) is 4.54. The summed E-state index contributed by atoms with van der Waals surface area (Å²) in [5, 5.41) is 12.0. The average Bonchev–Trinajstić information content (AvgIpc) is 2.73. The lowest BCUT2D eigenvalue weighted by Gasteiger charge is -2.27. The molecule has 5 nitrogen and oxygen atoms in total. The number of hydrogen-bond acceptors (Lipinski definition) is 4. The lowest BCUT2D eigenvalue weighted by molar-refractivity contribution is 0.0870. The van der Waals surface area contributed by atoms with Crippen molar-refractivity contribution in [1.29, 1.82) is 0 Å². The van der Waals surface area contributed by atoms with Gasteiger partial charge in [-0.3, -0.25) is 9.59 Å². The molecule has 2 N–H and O–H groups in total. The number of carbonyl (C=O) groups is 2. The van der Waals surface area contributed by atoms with Crippen LogP contribution in [0.15, 0.2) is 4.42 Å². The molecule has 0 saturated heterocycles. The predicted octanol–water partition coefficient (Wildman–Crippen LogP) is 2.88. The number of fused-ring (bicyclic) bond motifs is 1. The summed E-state index contributed by atoms with van der Waals surface area (Å²) in [6, 6.07) is -0.124. The summed E-state index contributed by atoms with van der Waals surface area (Å²) in [6.07, 6.45) is 1.63. The zero-order chi connectivity index (χ0) is 17.4. The molecule has 0 bridgehead atoms. The SMILES string of the molecule is Cc1c(C(=O)NC(CCO)C(C)C)oc2c1C(=O)CC(C)(C)C2. The maximum atomic E-state index is 12.5. The van der Waals surface area contributed by atoms with Gasteiger partial charge in [0.1, 0.15) is 5.76 Å². The lowest BCUT2D eigenvalue weighted by Crippen LogP contribution is -2.39. The fourth-order valence-electron chi connectivity index (χ4n) is 3.24. The third-order valence-corrected chi connectivity index (χ3v) is 4.54. The van der Waals surface area contributed by atoms with E-state index >= 15 is 0 Å². The first-order valence-corrected chi connectivity index (χ1v) is 8.23. The van der Waals surface area contributed by atoms with Crippen molar-refractivity contribution in [2.45, 2.75) is 59.9 Å². The van der Waals surface area contributed by atoms with E-state index in [0.717, 1.165) is 0 Å². The fraction of sp³-hybridized carbons (Fsp3) is 0.667. The Morgan fingerprint density at radius 2 is 2.00 bits per heavy atom. The van der Waals surface area contributed by atoms with Gasteiger partial charge < -0.3 is 14.8 Å². The molecule has 0 saturated carbocycles. The van der Waals surface area contributed by atoms with Crippen LogP contribution in [0.4, 0.5) is 0 Å². The third kappa shape index (κ3) is 3.66. The summed E-state index contributed by atoms with van der Waals surface area (Å²) >= 11 is 0. The number of hydrogen-bond donors (Lipinski definition) is 2. The van der Waals surface area contributed by atoms with Crippen LogP contribution in [0.25, 0.3) is 0 Å². The molecule has 1 atom stereocenters. The molecule has 1 amide bonds. The summed E-state index contributed by atoms with van der Waals surface area (Å²) in [5.74, 6) is 0.792. The second-order valence-electron chi connectivity index (χ2n) is 7.63. The highest BCUT2D eigenvalue weighted by atomic mass is 16.4. The molecule has 1 aromatic heterocycles. The quantitative estimate of drug-likeness (QED) is 0.874. The van der Waals surface area contributed by atoms with Gasteiger partial charge in [0, 0.05) is 31.1 Å². The Hall–Kier alpha value is -1.62.